The summed E-state index contributed by atoms with van der Waals surface area (Å²) in [4.78, 5) is 0. The summed E-state index contributed by atoms with van der Waals surface area (Å²) in [6.07, 6.45) is 2.29. The lowest BCUT2D eigenvalue weighted by atomic mass is 10.1. The zero-order valence-corrected chi connectivity index (χ0v) is 14.2. The second kappa shape index (κ2) is 11.0. The van der Waals surface area contributed by atoms with E-state index in [1.54, 1.807) is 0 Å². The van der Waals surface area contributed by atoms with Crippen molar-refractivity contribution in [3.05, 3.63) is 34.9 Å². The van der Waals surface area contributed by atoms with Crippen molar-refractivity contribution in [1.29, 1.82) is 0 Å². The maximum absolute atomic E-state index is 5.97. The molecular weight excluding hydrogens is 286 g/mol. The van der Waals surface area contributed by atoms with E-state index in [9.17, 15) is 0 Å². The van der Waals surface area contributed by atoms with E-state index in [4.69, 9.17) is 21.1 Å². The van der Waals surface area contributed by atoms with Crippen molar-refractivity contribution in [2.75, 3.05) is 26.4 Å². The number of hydrogen-bond acceptors (Lipinski definition) is 3. The number of nitrogens with one attached hydrogen (secondary N) is 1. The summed E-state index contributed by atoms with van der Waals surface area (Å²) in [5.74, 6) is 0. The molecule has 0 saturated carbocycles. The first kappa shape index (κ1) is 18.4. The van der Waals surface area contributed by atoms with Gasteiger partial charge in [0, 0.05) is 24.2 Å². The van der Waals surface area contributed by atoms with Crippen LogP contribution in [0.3, 0.4) is 0 Å². The normalized spacial score (nSPS) is 12.8. The van der Waals surface area contributed by atoms with Crippen LogP contribution in [0.2, 0.25) is 5.02 Å². The number of unbranched alkanes of at least 4 members (excludes halogenated alkanes) is 1. The first-order chi connectivity index (χ1) is 10.1. The smallest absolute Gasteiger partial charge is 0.0950 e. The fourth-order valence-corrected chi connectivity index (χ4v) is 2.02. The molecule has 0 radical (unpaired) electrons. The average Bonchev–Trinajstić information content (AvgIpc) is 2.46. The Morgan fingerprint density at radius 2 is 1.81 bits per heavy atom. The Kier molecular flexibility index (Phi) is 9.68. The van der Waals surface area contributed by atoms with E-state index in [-0.39, 0.29) is 6.10 Å². The lowest BCUT2D eigenvalue weighted by Crippen LogP contribution is -2.29. The predicted octanol–water partition coefficient (Wildman–Crippen LogP) is 4.21. The van der Waals surface area contributed by atoms with Gasteiger partial charge in [-0.2, -0.15) is 0 Å². The van der Waals surface area contributed by atoms with Gasteiger partial charge < -0.3 is 14.8 Å². The summed E-state index contributed by atoms with van der Waals surface area (Å²) in [6.45, 7) is 9.28. The molecule has 4 heteroatoms. The van der Waals surface area contributed by atoms with Crippen molar-refractivity contribution in [3.8, 4) is 0 Å². The van der Waals surface area contributed by atoms with Crippen LogP contribution in [0.25, 0.3) is 0 Å². The van der Waals surface area contributed by atoms with Gasteiger partial charge in [0.15, 0.2) is 0 Å². The number of benzene rings is 1. The third-order valence-electron chi connectivity index (χ3n) is 3.14. The lowest BCUT2D eigenvalue weighted by Gasteiger charge is -2.20. The zero-order chi connectivity index (χ0) is 15.5. The molecule has 1 unspecified atom stereocenters. The van der Waals surface area contributed by atoms with E-state index >= 15 is 0 Å². The van der Waals surface area contributed by atoms with Gasteiger partial charge in [-0.1, -0.05) is 50.9 Å². The highest BCUT2D eigenvalue weighted by molar-refractivity contribution is 6.30. The molecule has 0 aliphatic rings. The van der Waals surface area contributed by atoms with Crippen LogP contribution in [-0.4, -0.2) is 32.4 Å². The van der Waals surface area contributed by atoms with Crippen molar-refractivity contribution in [3.63, 3.8) is 0 Å². The van der Waals surface area contributed by atoms with Crippen LogP contribution in [0.4, 0.5) is 0 Å². The van der Waals surface area contributed by atoms with Crippen LogP contribution in [-0.2, 0) is 9.47 Å². The standard InChI is InChI=1S/C17H28ClNO2/c1-4-5-10-20-11-12-21-17(13-19-14(2)3)15-6-8-16(18)9-7-15/h6-9,14,17,19H,4-5,10-13H2,1-3H3. The molecule has 120 valence electrons. The molecule has 21 heavy (non-hydrogen) atoms. The third kappa shape index (κ3) is 8.42. The molecule has 0 bridgehead atoms. The van der Waals surface area contributed by atoms with Gasteiger partial charge >= 0.3 is 0 Å². The molecule has 1 aromatic carbocycles. The largest absolute Gasteiger partial charge is 0.379 e. The molecule has 0 aliphatic heterocycles. The molecule has 1 aromatic rings. The molecule has 3 nitrogen and oxygen atoms in total. The van der Waals surface area contributed by atoms with Crippen LogP contribution in [0, 0.1) is 0 Å². The van der Waals surface area contributed by atoms with Gasteiger partial charge in [0.25, 0.3) is 0 Å². The van der Waals surface area contributed by atoms with E-state index in [2.05, 4.69) is 26.1 Å². The monoisotopic (exact) mass is 313 g/mol. The van der Waals surface area contributed by atoms with E-state index < -0.39 is 0 Å². The predicted molar refractivity (Wildman–Crippen MR) is 89.0 cm³/mol. The second-order valence-electron chi connectivity index (χ2n) is 5.44. The van der Waals surface area contributed by atoms with Gasteiger partial charge in [-0.3, -0.25) is 0 Å². The Morgan fingerprint density at radius 3 is 2.43 bits per heavy atom. The van der Waals surface area contributed by atoms with Crippen molar-refractivity contribution in [2.24, 2.45) is 0 Å². The summed E-state index contributed by atoms with van der Waals surface area (Å²) in [7, 11) is 0. The van der Waals surface area contributed by atoms with Crippen molar-refractivity contribution >= 4 is 11.6 Å². The molecule has 0 heterocycles. The minimum absolute atomic E-state index is 0.0273. The number of rotatable bonds is 11. The highest BCUT2D eigenvalue weighted by Gasteiger charge is 2.12. The Balaban J connectivity index is 2.42. The van der Waals surface area contributed by atoms with E-state index in [1.807, 2.05) is 24.3 Å². The van der Waals surface area contributed by atoms with Crippen molar-refractivity contribution in [2.45, 2.75) is 45.8 Å². The van der Waals surface area contributed by atoms with E-state index in [0.717, 1.165) is 36.6 Å². The first-order valence-corrected chi connectivity index (χ1v) is 8.19. The van der Waals surface area contributed by atoms with Gasteiger partial charge in [0.1, 0.15) is 0 Å². The van der Waals surface area contributed by atoms with Gasteiger partial charge in [-0.05, 0) is 24.1 Å². The fourth-order valence-electron chi connectivity index (χ4n) is 1.89. The SMILES string of the molecule is CCCCOCCOC(CNC(C)C)c1ccc(Cl)cc1. The Morgan fingerprint density at radius 1 is 1.10 bits per heavy atom. The van der Waals surface area contributed by atoms with Crippen molar-refractivity contribution in [1.82, 2.24) is 5.32 Å². The second-order valence-corrected chi connectivity index (χ2v) is 5.88. The molecule has 1 N–H and O–H groups in total. The summed E-state index contributed by atoms with van der Waals surface area (Å²) in [5.41, 5.74) is 1.14. The summed E-state index contributed by atoms with van der Waals surface area (Å²) >= 11 is 5.94. The molecule has 1 atom stereocenters. The summed E-state index contributed by atoms with van der Waals surface area (Å²) in [5, 5.41) is 4.17. The number of hydrogen-bond donors (Lipinski definition) is 1. The minimum Gasteiger partial charge on any atom is -0.379 e. The molecule has 0 aliphatic carbocycles. The topological polar surface area (TPSA) is 30.5 Å². The highest BCUT2D eigenvalue weighted by atomic mass is 35.5. The quantitative estimate of drug-likeness (QED) is 0.621. The molecule has 0 fully saturated rings. The van der Waals surface area contributed by atoms with Crippen molar-refractivity contribution < 1.29 is 9.47 Å². The Hall–Kier alpha value is -0.610. The molecule has 1 rings (SSSR count). The van der Waals surface area contributed by atoms with E-state index in [0.29, 0.717) is 19.3 Å². The molecule has 0 aromatic heterocycles. The van der Waals surface area contributed by atoms with Crippen LogP contribution in [0.5, 0.6) is 0 Å². The molecule has 0 spiro atoms. The number of halogens is 1. The van der Waals surface area contributed by atoms with Crippen LogP contribution in [0.1, 0.15) is 45.3 Å². The van der Waals surface area contributed by atoms with Crippen LogP contribution >= 0.6 is 11.6 Å². The van der Waals surface area contributed by atoms with Crippen LogP contribution < -0.4 is 5.32 Å². The fraction of sp³-hybridized carbons (Fsp3) is 0.647. The van der Waals surface area contributed by atoms with Gasteiger partial charge in [0.2, 0.25) is 0 Å². The molecule has 0 amide bonds. The van der Waals surface area contributed by atoms with E-state index in [1.165, 1.54) is 0 Å². The molecular formula is C17H28ClNO2. The van der Waals surface area contributed by atoms with Crippen LogP contribution in [0.15, 0.2) is 24.3 Å². The average molecular weight is 314 g/mol. The van der Waals surface area contributed by atoms with Gasteiger partial charge in [-0.15, -0.1) is 0 Å². The van der Waals surface area contributed by atoms with Gasteiger partial charge in [-0.25, -0.2) is 0 Å². The minimum atomic E-state index is 0.0273. The Labute approximate surface area is 134 Å². The van der Waals surface area contributed by atoms with Gasteiger partial charge in [0.05, 0.1) is 19.3 Å². The summed E-state index contributed by atoms with van der Waals surface area (Å²) in [6, 6.07) is 8.28. The first-order valence-electron chi connectivity index (χ1n) is 7.81. The number of ether oxygens (including phenoxy) is 2. The third-order valence-corrected chi connectivity index (χ3v) is 3.39. The molecule has 0 saturated heterocycles. The maximum atomic E-state index is 5.97. The summed E-state index contributed by atoms with van der Waals surface area (Å²) < 4.78 is 11.5. The maximum Gasteiger partial charge on any atom is 0.0950 e. The lowest BCUT2D eigenvalue weighted by molar-refractivity contribution is 0.00294. The zero-order valence-electron chi connectivity index (χ0n) is 13.4. The highest BCUT2D eigenvalue weighted by Crippen LogP contribution is 2.19. The Bertz CT molecular complexity index is 368.